The summed E-state index contributed by atoms with van der Waals surface area (Å²) in [4.78, 5) is 34.6. The molecule has 1 unspecified atom stereocenters. The van der Waals surface area contributed by atoms with Crippen molar-refractivity contribution in [1.82, 2.24) is 16.0 Å². The van der Waals surface area contributed by atoms with Gasteiger partial charge >= 0.3 is 12.1 Å². The Hall–Kier alpha value is -2.64. The van der Waals surface area contributed by atoms with Crippen LogP contribution in [0, 0.1) is 5.82 Å². The highest BCUT2D eigenvalue weighted by atomic mass is 19.1. The summed E-state index contributed by atoms with van der Waals surface area (Å²) in [5.74, 6) is -1.13. The molecule has 1 aromatic carbocycles. The number of fused-ring (bicyclic) bond motifs is 2. The van der Waals surface area contributed by atoms with Gasteiger partial charge in [0.05, 0.1) is 5.69 Å². The average Bonchev–Trinajstić information content (AvgIpc) is 2.92. The maximum absolute atomic E-state index is 14.1. The maximum atomic E-state index is 14.1. The van der Waals surface area contributed by atoms with Crippen molar-refractivity contribution in [3.05, 3.63) is 29.1 Å². The van der Waals surface area contributed by atoms with Gasteiger partial charge in [-0.2, -0.15) is 0 Å². The largest absolute Gasteiger partial charge is 0.341 e. The third kappa shape index (κ3) is 1.91. The highest BCUT2D eigenvalue weighted by Crippen LogP contribution is 2.41. The molecule has 1 aliphatic carbocycles. The summed E-state index contributed by atoms with van der Waals surface area (Å²) in [5.41, 5.74) is -0.000410. The van der Waals surface area contributed by atoms with Gasteiger partial charge in [-0.15, -0.1) is 0 Å². The van der Waals surface area contributed by atoms with Crippen LogP contribution in [0.2, 0.25) is 0 Å². The molecule has 1 heterocycles. The predicted octanol–water partition coefficient (Wildman–Crippen LogP) is 0.558. The van der Waals surface area contributed by atoms with Crippen LogP contribution in [0.25, 0.3) is 0 Å². The smallest absolute Gasteiger partial charge is 0.322 e. The van der Waals surface area contributed by atoms with Gasteiger partial charge in [0.2, 0.25) is 0 Å². The normalized spacial score (nSPS) is 22.8. The molecule has 1 aromatic rings. The Kier molecular flexibility index (Phi) is 2.82. The second kappa shape index (κ2) is 4.44. The molecule has 110 valence electrons. The van der Waals surface area contributed by atoms with E-state index in [0.717, 1.165) is 5.56 Å². The first-order chi connectivity index (χ1) is 9.96. The molecule has 2 aliphatic rings. The zero-order valence-corrected chi connectivity index (χ0v) is 11.2. The van der Waals surface area contributed by atoms with Crippen molar-refractivity contribution in [2.24, 2.45) is 0 Å². The molecule has 5 amide bonds. The highest BCUT2D eigenvalue weighted by molar-refractivity contribution is 6.08. The van der Waals surface area contributed by atoms with E-state index in [0.29, 0.717) is 18.4 Å². The second-order valence-corrected chi connectivity index (χ2v) is 5.01. The minimum atomic E-state index is -1.20. The van der Waals surface area contributed by atoms with Crippen LogP contribution < -0.4 is 21.3 Å². The van der Waals surface area contributed by atoms with Crippen molar-refractivity contribution in [3.8, 4) is 0 Å². The molecule has 8 heteroatoms. The van der Waals surface area contributed by atoms with Gasteiger partial charge in [0.25, 0.3) is 5.91 Å². The van der Waals surface area contributed by atoms with Crippen molar-refractivity contribution >= 4 is 23.7 Å². The molecule has 7 nitrogen and oxygen atoms in total. The Balaban J connectivity index is 2.02. The number of anilines is 1. The van der Waals surface area contributed by atoms with Gasteiger partial charge in [0.1, 0.15) is 11.4 Å². The van der Waals surface area contributed by atoms with Crippen LogP contribution in [0.3, 0.4) is 0 Å². The summed E-state index contributed by atoms with van der Waals surface area (Å²) < 4.78 is 14.1. The number of rotatable bonds is 1. The van der Waals surface area contributed by atoms with E-state index in [1.165, 1.54) is 19.2 Å². The fraction of sp³-hybridized carbons (Fsp3) is 0.308. The van der Waals surface area contributed by atoms with E-state index < -0.39 is 29.3 Å². The topological polar surface area (TPSA) is 99.3 Å². The van der Waals surface area contributed by atoms with Crippen molar-refractivity contribution in [2.45, 2.75) is 18.4 Å². The van der Waals surface area contributed by atoms with E-state index in [2.05, 4.69) is 21.3 Å². The molecule has 1 fully saturated rings. The Labute approximate surface area is 119 Å². The Morgan fingerprint density at radius 3 is 2.76 bits per heavy atom. The van der Waals surface area contributed by atoms with Gasteiger partial charge in [-0.05, 0) is 36.1 Å². The summed E-state index contributed by atoms with van der Waals surface area (Å²) >= 11 is 0. The van der Waals surface area contributed by atoms with Crippen LogP contribution >= 0.6 is 0 Å². The molecule has 0 saturated carbocycles. The standard InChI is InChI=1S/C13H13FN4O3/c1-15-11(20)16-9-4-6-2-3-13(7(6)5-8(9)14)10(19)17-12(21)18-13/h4-5H,2-3H2,1H3,(H2,15,16,20)(H2,17,18,19,21). The molecule has 4 N–H and O–H groups in total. The zero-order chi connectivity index (χ0) is 15.2. The monoisotopic (exact) mass is 292 g/mol. The van der Waals surface area contributed by atoms with E-state index in [-0.39, 0.29) is 5.69 Å². The maximum Gasteiger partial charge on any atom is 0.322 e. The van der Waals surface area contributed by atoms with Crippen molar-refractivity contribution in [2.75, 3.05) is 12.4 Å². The average molecular weight is 292 g/mol. The first-order valence-corrected chi connectivity index (χ1v) is 6.41. The molecular formula is C13H13FN4O3. The first-order valence-electron chi connectivity index (χ1n) is 6.41. The van der Waals surface area contributed by atoms with Gasteiger partial charge in [-0.25, -0.2) is 14.0 Å². The third-order valence-electron chi connectivity index (χ3n) is 3.84. The summed E-state index contributed by atoms with van der Waals surface area (Å²) in [6, 6.07) is 1.57. The van der Waals surface area contributed by atoms with Gasteiger partial charge in [0.15, 0.2) is 0 Å². The van der Waals surface area contributed by atoms with Crippen molar-refractivity contribution in [3.63, 3.8) is 0 Å². The summed E-state index contributed by atoms with van der Waals surface area (Å²) in [6.07, 6.45) is 0.870. The first kappa shape index (κ1) is 13.3. The summed E-state index contributed by atoms with van der Waals surface area (Å²) in [6.45, 7) is 0. The van der Waals surface area contributed by atoms with Crippen molar-refractivity contribution < 1.29 is 18.8 Å². The number of amides is 5. The zero-order valence-electron chi connectivity index (χ0n) is 11.2. The SMILES string of the molecule is CNC(=O)Nc1cc2c(cc1F)C1(CC2)NC(=O)NC1=O. The molecule has 3 rings (SSSR count). The molecule has 0 aromatic heterocycles. The second-order valence-electron chi connectivity index (χ2n) is 5.01. The molecule has 1 spiro atoms. The fourth-order valence-electron chi connectivity index (χ4n) is 2.82. The lowest BCUT2D eigenvalue weighted by Gasteiger charge is -2.21. The summed E-state index contributed by atoms with van der Waals surface area (Å²) in [5, 5.41) is 9.45. The van der Waals surface area contributed by atoms with E-state index >= 15 is 0 Å². The Morgan fingerprint density at radius 2 is 2.14 bits per heavy atom. The molecule has 1 aliphatic heterocycles. The number of hydrogen-bond acceptors (Lipinski definition) is 3. The minimum Gasteiger partial charge on any atom is -0.341 e. The Morgan fingerprint density at radius 1 is 1.38 bits per heavy atom. The van der Waals surface area contributed by atoms with E-state index in [4.69, 9.17) is 0 Å². The number of hydrogen-bond donors (Lipinski definition) is 4. The van der Waals surface area contributed by atoms with Crippen LogP contribution in [-0.4, -0.2) is 25.0 Å². The van der Waals surface area contributed by atoms with Crippen LogP contribution in [0.5, 0.6) is 0 Å². The number of imide groups is 1. The number of carbonyl (C=O) groups is 3. The number of urea groups is 2. The van der Waals surface area contributed by atoms with Gasteiger partial charge in [0, 0.05) is 7.05 Å². The van der Waals surface area contributed by atoms with Crippen LogP contribution in [0.4, 0.5) is 19.7 Å². The Bertz CT molecular complexity index is 676. The number of aryl methyl sites for hydroxylation is 1. The summed E-state index contributed by atoms with van der Waals surface area (Å²) in [7, 11) is 1.42. The highest BCUT2D eigenvalue weighted by Gasteiger charge is 2.51. The molecule has 1 atom stereocenters. The molecular weight excluding hydrogens is 279 g/mol. The van der Waals surface area contributed by atoms with E-state index in [9.17, 15) is 18.8 Å². The molecule has 1 saturated heterocycles. The lowest BCUT2D eigenvalue weighted by atomic mass is 9.92. The predicted molar refractivity (Wildman–Crippen MR) is 71.2 cm³/mol. The van der Waals surface area contributed by atoms with Crippen LogP contribution in [-0.2, 0) is 16.8 Å². The molecule has 0 bridgehead atoms. The minimum absolute atomic E-state index is 0.0369. The number of carbonyl (C=O) groups excluding carboxylic acids is 3. The van der Waals surface area contributed by atoms with Crippen LogP contribution in [0.15, 0.2) is 12.1 Å². The number of benzene rings is 1. The fourth-order valence-corrected chi connectivity index (χ4v) is 2.82. The van der Waals surface area contributed by atoms with E-state index in [1.54, 1.807) is 0 Å². The van der Waals surface area contributed by atoms with Crippen LogP contribution in [0.1, 0.15) is 17.5 Å². The van der Waals surface area contributed by atoms with Gasteiger partial charge < -0.3 is 16.0 Å². The number of halogens is 1. The lowest BCUT2D eigenvalue weighted by Crippen LogP contribution is -2.41. The van der Waals surface area contributed by atoms with E-state index in [1.807, 2.05) is 0 Å². The van der Waals surface area contributed by atoms with Gasteiger partial charge in [-0.3, -0.25) is 10.1 Å². The molecule has 21 heavy (non-hydrogen) atoms. The molecule has 0 radical (unpaired) electrons. The number of nitrogens with one attached hydrogen (secondary N) is 4. The van der Waals surface area contributed by atoms with Crippen molar-refractivity contribution in [1.29, 1.82) is 0 Å². The third-order valence-corrected chi connectivity index (χ3v) is 3.84. The quantitative estimate of drug-likeness (QED) is 0.569. The van der Waals surface area contributed by atoms with Gasteiger partial charge in [-0.1, -0.05) is 0 Å². The lowest BCUT2D eigenvalue weighted by molar-refractivity contribution is -0.124.